The van der Waals surface area contributed by atoms with Crippen molar-refractivity contribution in [3.63, 3.8) is 0 Å². The molecule has 0 saturated carbocycles. The summed E-state index contributed by atoms with van der Waals surface area (Å²) in [6.45, 7) is 2.99. The van der Waals surface area contributed by atoms with Crippen LogP contribution in [0.25, 0.3) is 10.9 Å². The lowest BCUT2D eigenvalue weighted by Crippen LogP contribution is -2.58. The molecule has 0 aliphatic rings. The number of para-hydroxylation sites is 1. The van der Waals surface area contributed by atoms with Gasteiger partial charge in [0, 0.05) is 29.9 Å². The Balaban J connectivity index is 2.23. The Morgan fingerprint density at radius 2 is 1.75 bits per heavy atom. The Labute approximate surface area is 208 Å². The van der Waals surface area contributed by atoms with Crippen molar-refractivity contribution >= 4 is 40.5 Å². The van der Waals surface area contributed by atoms with Crippen molar-refractivity contribution in [3.05, 3.63) is 36.0 Å². The first-order valence-electron chi connectivity index (χ1n) is 11.7. The molecule has 0 radical (unpaired) electrons. The second-order valence-electron chi connectivity index (χ2n) is 8.72. The van der Waals surface area contributed by atoms with Gasteiger partial charge >= 0.3 is 5.97 Å². The number of H-pyrrole nitrogens is 1. The number of aliphatic carboxylic acids is 1. The van der Waals surface area contributed by atoms with Gasteiger partial charge in [-0.2, -0.15) is 0 Å². The van der Waals surface area contributed by atoms with Crippen LogP contribution < -0.4 is 27.4 Å². The zero-order valence-corrected chi connectivity index (χ0v) is 20.4. The highest BCUT2D eigenvalue weighted by molar-refractivity contribution is 5.94. The Morgan fingerprint density at radius 3 is 2.39 bits per heavy atom. The van der Waals surface area contributed by atoms with Gasteiger partial charge in [-0.05, 0) is 24.0 Å². The monoisotopic (exact) mass is 502 g/mol. The van der Waals surface area contributed by atoms with Crippen LogP contribution in [0.3, 0.4) is 0 Å². The lowest BCUT2D eigenvalue weighted by atomic mass is 9.96. The van der Waals surface area contributed by atoms with Crippen LogP contribution >= 0.6 is 0 Å². The van der Waals surface area contributed by atoms with Crippen LogP contribution in [0, 0.1) is 5.92 Å². The Bertz CT molecular complexity index is 1100. The molecule has 0 saturated heterocycles. The highest BCUT2D eigenvalue weighted by Crippen LogP contribution is 2.19. The largest absolute Gasteiger partial charge is 0.480 e. The van der Waals surface area contributed by atoms with Crippen molar-refractivity contribution in [2.45, 2.75) is 57.7 Å². The van der Waals surface area contributed by atoms with Crippen LogP contribution in [0.4, 0.5) is 0 Å². The van der Waals surface area contributed by atoms with Gasteiger partial charge in [0.25, 0.3) is 0 Å². The number of nitrogens with one attached hydrogen (secondary N) is 4. The van der Waals surface area contributed by atoms with Gasteiger partial charge in [0.05, 0.1) is 6.04 Å². The van der Waals surface area contributed by atoms with Crippen LogP contribution in [-0.2, 0) is 30.4 Å². The molecule has 36 heavy (non-hydrogen) atoms. The number of rotatable bonds is 14. The van der Waals surface area contributed by atoms with E-state index in [1.165, 1.54) is 0 Å². The molecule has 2 rings (SSSR count). The first-order chi connectivity index (χ1) is 17.0. The van der Waals surface area contributed by atoms with E-state index in [1.807, 2.05) is 31.2 Å². The lowest BCUT2D eigenvalue weighted by Gasteiger charge is -2.27. The van der Waals surface area contributed by atoms with Crippen LogP contribution in [0.15, 0.2) is 30.5 Å². The number of hydrogen-bond acceptors (Lipinski definition) is 6. The number of carboxylic acids is 1. The number of aromatic amines is 1. The van der Waals surface area contributed by atoms with Gasteiger partial charge < -0.3 is 37.5 Å². The third-order valence-electron chi connectivity index (χ3n) is 5.98. The quantitative estimate of drug-likeness (QED) is 0.180. The zero-order valence-electron chi connectivity index (χ0n) is 20.4. The maximum Gasteiger partial charge on any atom is 0.322 e. The van der Waals surface area contributed by atoms with Crippen molar-refractivity contribution in [3.8, 4) is 0 Å². The fourth-order valence-electron chi connectivity index (χ4n) is 3.67. The van der Waals surface area contributed by atoms with E-state index >= 15 is 0 Å². The normalized spacial score (nSPS) is 14.3. The van der Waals surface area contributed by atoms with Crippen LogP contribution in [-0.4, -0.2) is 64.4 Å². The van der Waals surface area contributed by atoms with E-state index in [9.17, 15) is 24.0 Å². The number of carbonyl (C=O) groups excluding carboxylic acids is 4. The zero-order chi connectivity index (χ0) is 26.8. The van der Waals surface area contributed by atoms with Gasteiger partial charge in [0.15, 0.2) is 0 Å². The average Bonchev–Trinajstić information content (AvgIpc) is 3.25. The minimum absolute atomic E-state index is 0.0246. The molecule has 1 aromatic carbocycles. The molecule has 12 heteroatoms. The van der Waals surface area contributed by atoms with Crippen molar-refractivity contribution in [1.82, 2.24) is 20.9 Å². The maximum atomic E-state index is 13.3. The molecule has 12 nitrogen and oxygen atoms in total. The molecule has 4 unspecified atom stereocenters. The summed E-state index contributed by atoms with van der Waals surface area (Å²) in [5.74, 6) is -4.05. The van der Waals surface area contributed by atoms with Crippen molar-refractivity contribution in [1.29, 1.82) is 0 Å². The van der Waals surface area contributed by atoms with Crippen LogP contribution in [0.5, 0.6) is 0 Å². The molecule has 0 bridgehead atoms. The summed E-state index contributed by atoms with van der Waals surface area (Å²) in [6, 6.07) is 4.26. The van der Waals surface area contributed by atoms with E-state index in [2.05, 4.69) is 20.9 Å². The van der Waals surface area contributed by atoms with E-state index in [-0.39, 0.29) is 25.2 Å². The molecule has 0 spiro atoms. The summed E-state index contributed by atoms with van der Waals surface area (Å²) < 4.78 is 0. The third kappa shape index (κ3) is 8.08. The van der Waals surface area contributed by atoms with E-state index < -0.39 is 54.3 Å². The Morgan fingerprint density at radius 1 is 1.06 bits per heavy atom. The summed E-state index contributed by atoms with van der Waals surface area (Å²) in [5, 5.41) is 17.4. The highest BCUT2D eigenvalue weighted by atomic mass is 16.4. The second kappa shape index (κ2) is 13.2. The van der Waals surface area contributed by atoms with Gasteiger partial charge in [-0.3, -0.25) is 24.0 Å². The number of hydrogen-bond donors (Lipinski definition) is 7. The molecule has 4 atom stereocenters. The van der Waals surface area contributed by atoms with Gasteiger partial charge in [0.2, 0.25) is 23.6 Å². The predicted molar refractivity (Wildman–Crippen MR) is 132 cm³/mol. The summed E-state index contributed by atoms with van der Waals surface area (Å²) in [7, 11) is 0. The van der Waals surface area contributed by atoms with E-state index in [1.54, 1.807) is 13.1 Å². The molecule has 0 fully saturated rings. The number of amides is 4. The number of primary amides is 1. The molecule has 0 aliphatic carbocycles. The molecule has 1 aromatic heterocycles. The minimum atomic E-state index is -1.23. The number of carbonyl (C=O) groups is 5. The predicted octanol–water partition coefficient (Wildman–Crippen LogP) is -0.480. The minimum Gasteiger partial charge on any atom is -0.480 e. The molecule has 2 aromatic rings. The standard InChI is InChI=1S/C24H34N6O6/c1-3-13(2)21(30-22(34)16(25)8-9-19(26)31)24(36)29-18(23(35)28-12-20(32)33)10-14-11-27-17-7-5-4-6-15(14)17/h4-7,11,13,16,18,21,27H,3,8-10,12,25H2,1-2H3,(H2,26,31)(H,28,35)(H,29,36)(H,30,34)(H,32,33). The topological polar surface area (TPSA) is 209 Å². The summed E-state index contributed by atoms with van der Waals surface area (Å²) in [6.07, 6.45) is 2.29. The summed E-state index contributed by atoms with van der Waals surface area (Å²) in [5.41, 5.74) is 12.5. The number of aromatic nitrogens is 1. The fourth-order valence-corrected chi connectivity index (χ4v) is 3.67. The number of fused-ring (bicyclic) bond motifs is 1. The third-order valence-corrected chi connectivity index (χ3v) is 5.98. The fraction of sp³-hybridized carbons (Fsp3) is 0.458. The van der Waals surface area contributed by atoms with Gasteiger partial charge in [-0.25, -0.2) is 0 Å². The molecular formula is C24H34N6O6. The Hall–Kier alpha value is -3.93. The molecule has 196 valence electrons. The number of nitrogens with two attached hydrogens (primary N) is 2. The maximum absolute atomic E-state index is 13.3. The molecule has 1 heterocycles. The molecule has 0 aliphatic heterocycles. The van der Waals surface area contributed by atoms with Crippen LogP contribution in [0.1, 0.15) is 38.7 Å². The van der Waals surface area contributed by atoms with Gasteiger partial charge in [-0.15, -0.1) is 0 Å². The number of benzene rings is 1. The van der Waals surface area contributed by atoms with Crippen LogP contribution in [0.2, 0.25) is 0 Å². The van der Waals surface area contributed by atoms with E-state index in [0.717, 1.165) is 16.5 Å². The summed E-state index contributed by atoms with van der Waals surface area (Å²) >= 11 is 0. The van der Waals surface area contributed by atoms with E-state index in [4.69, 9.17) is 16.6 Å². The van der Waals surface area contributed by atoms with Crippen molar-refractivity contribution < 1.29 is 29.1 Å². The Kier molecular flexibility index (Phi) is 10.4. The second-order valence-corrected chi connectivity index (χ2v) is 8.72. The van der Waals surface area contributed by atoms with Crippen molar-refractivity contribution in [2.24, 2.45) is 17.4 Å². The number of carboxylic acid groups (broad SMARTS) is 1. The first-order valence-corrected chi connectivity index (χ1v) is 11.7. The van der Waals surface area contributed by atoms with E-state index in [0.29, 0.717) is 6.42 Å². The average molecular weight is 503 g/mol. The SMILES string of the molecule is CCC(C)C(NC(=O)C(N)CCC(N)=O)C(=O)NC(Cc1c[nH]c2ccccc12)C(=O)NCC(=O)O. The highest BCUT2D eigenvalue weighted by Gasteiger charge is 2.31. The lowest BCUT2D eigenvalue weighted by molar-refractivity contribution is -0.138. The smallest absolute Gasteiger partial charge is 0.322 e. The molecule has 4 amide bonds. The molecular weight excluding hydrogens is 468 g/mol. The first kappa shape index (κ1) is 28.3. The van der Waals surface area contributed by atoms with Gasteiger partial charge in [0.1, 0.15) is 18.6 Å². The molecule has 9 N–H and O–H groups in total. The van der Waals surface area contributed by atoms with Gasteiger partial charge in [-0.1, -0.05) is 38.5 Å². The van der Waals surface area contributed by atoms with Crippen molar-refractivity contribution in [2.75, 3.05) is 6.54 Å². The summed E-state index contributed by atoms with van der Waals surface area (Å²) in [4.78, 5) is 63.7.